The molecule has 0 aliphatic carbocycles. The van der Waals surface area contributed by atoms with Crippen molar-refractivity contribution in [3.05, 3.63) is 39.4 Å². The van der Waals surface area contributed by atoms with Crippen LogP contribution in [0.3, 0.4) is 0 Å². The Balaban J connectivity index is 2.41. The van der Waals surface area contributed by atoms with Crippen LogP contribution in [0.2, 0.25) is 0 Å². The van der Waals surface area contributed by atoms with Crippen molar-refractivity contribution in [2.24, 2.45) is 0 Å². The van der Waals surface area contributed by atoms with E-state index in [1.807, 2.05) is 0 Å². The number of amides is 1. The highest BCUT2D eigenvalue weighted by atomic mass is 19.1. The summed E-state index contributed by atoms with van der Waals surface area (Å²) in [7, 11) is 0. The number of nitro benzene ring substituents is 1. The molecule has 0 spiro atoms. The lowest BCUT2D eigenvalue weighted by atomic mass is 10.1. The molecule has 108 valence electrons. The van der Waals surface area contributed by atoms with Gasteiger partial charge in [0.05, 0.1) is 35.8 Å². The molecule has 2 rings (SSSR count). The summed E-state index contributed by atoms with van der Waals surface area (Å²) in [5.41, 5.74) is -1.68. The van der Waals surface area contributed by atoms with Crippen molar-refractivity contribution in [3.63, 3.8) is 0 Å². The van der Waals surface area contributed by atoms with Gasteiger partial charge in [0, 0.05) is 6.54 Å². The summed E-state index contributed by atoms with van der Waals surface area (Å²) in [6.07, 6.45) is 0. The van der Waals surface area contributed by atoms with Gasteiger partial charge in [0.15, 0.2) is 0 Å². The normalized spacial score (nSPS) is 18.9. The molecule has 6 nitrogen and oxygen atoms in total. The van der Waals surface area contributed by atoms with E-state index in [2.05, 4.69) is 0 Å². The number of morpholine rings is 1. The van der Waals surface area contributed by atoms with Crippen LogP contribution >= 0.6 is 0 Å². The molecule has 1 aromatic rings. The van der Waals surface area contributed by atoms with E-state index in [1.165, 1.54) is 4.90 Å². The second-order valence-corrected chi connectivity index (χ2v) is 4.47. The molecule has 1 atom stereocenters. The van der Waals surface area contributed by atoms with Crippen LogP contribution < -0.4 is 0 Å². The maximum absolute atomic E-state index is 13.9. The van der Waals surface area contributed by atoms with Gasteiger partial charge in [-0.05, 0) is 13.0 Å². The lowest BCUT2D eigenvalue weighted by molar-refractivity contribution is -0.387. The van der Waals surface area contributed by atoms with Crippen molar-refractivity contribution in [3.8, 4) is 0 Å². The number of benzene rings is 1. The van der Waals surface area contributed by atoms with Gasteiger partial charge in [0.25, 0.3) is 5.91 Å². The smallest absolute Gasteiger partial charge is 0.308 e. The van der Waals surface area contributed by atoms with Gasteiger partial charge in [-0.15, -0.1) is 0 Å². The molecule has 8 heteroatoms. The van der Waals surface area contributed by atoms with Crippen molar-refractivity contribution in [1.29, 1.82) is 0 Å². The average Bonchev–Trinajstić information content (AvgIpc) is 2.40. The van der Waals surface area contributed by atoms with E-state index in [0.717, 1.165) is 0 Å². The quantitative estimate of drug-likeness (QED) is 0.613. The first-order valence-electron chi connectivity index (χ1n) is 5.94. The Morgan fingerprint density at radius 3 is 2.80 bits per heavy atom. The van der Waals surface area contributed by atoms with E-state index in [-0.39, 0.29) is 25.8 Å². The van der Waals surface area contributed by atoms with E-state index < -0.39 is 33.7 Å². The summed E-state index contributed by atoms with van der Waals surface area (Å²) in [4.78, 5) is 23.1. The van der Waals surface area contributed by atoms with Gasteiger partial charge < -0.3 is 9.64 Å². The molecule has 1 amide bonds. The van der Waals surface area contributed by atoms with Gasteiger partial charge in [0.2, 0.25) is 5.82 Å². The van der Waals surface area contributed by atoms with E-state index in [1.54, 1.807) is 6.92 Å². The summed E-state index contributed by atoms with van der Waals surface area (Å²) in [6, 6.07) is 0.819. The molecule has 0 N–H and O–H groups in total. The first-order valence-corrected chi connectivity index (χ1v) is 5.94. The van der Waals surface area contributed by atoms with Gasteiger partial charge in [-0.3, -0.25) is 14.9 Å². The minimum atomic E-state index is -1.32. The van der Waals surface area contributed by atoms with Gasteiger partial charge in [-0.1, -0.05) is 0 Å². The Labute approximate surface area is 113 Å². The standard InChI is InChI=1S/C12H12F2N2O4/c1-7-6-20-3-2-15(7)12(17)9-4-8(13)5-10(11(9)14)16(18)19/h4-5,7H,2-3,6H2,1H3. The number of ether oxygens (including phenoxy) is 1. The molecule has 1 saturated heterocycles. The molecule has 1 aliphatic rings. The zero-order valence-electron chi connectivity index (χ0n) is 10.6. The van der Waals surface area contributed by atoms with Crippen LogP contribution in [-0.2, 0) is 4.74 Å². The van der Waals surface area contributed by atoms with Crippen LogP contribution in [0.4, 0.5) is 14.5 Å². The maximum Gasteiger partial charge on any atom is 0.308 e. The molecule has 0 saturated carbocycles. The highest BCUT2D eigenvalue weighted by Crippen LogP contribution is 2.24. The van der Waals surface area contributed by atoms with Gasteiger partial charge in [-0.25, -0.2) is 4.39 Å². The second-order valence-electron chi connectivity index (χ2n) is 4.47. The fraction of sp³-hybridized carbons (Fsp3) is 0.417. The fourth-order valence-corrected chi connectivity index (χ4v) is 2.05. The highest BCUT2D eigenvalue weighted by molar-refractivity contribution is 5.95. The predicted octanol–water partition coefficient (Wildman–Crippen LogP) is 1.73. The SMILES string of the molecule is CC1COCCN1C(=O)c1cc(F)cc([N+](=O)[O-])c1F. The Morgan fingerprint density at radius 2 is 2.20 bits per heavy atom. The van der Waals surface area contributed by atoms with E-state index in [4.69, 9.17) is 4.74 Å². The van der Waals surface area contributed by atoms with Crippen molar-refractivity contribution < 1.29 is 23.2 Å². The Bertz CT molecular complexity index is 565. The van der Waals surface area contributed by atoms with E-state index >= 15 is 0 Å². The largest absolute Gasteiger partial charge is 0.377 e. The minimum absolute atomic E-state index is 0.226. The summed E-state index contributed by atoms with van der Waals surface area (Å²) in [6.45, 7) is 2.49. The zero-order valence-corrected chi connectivity index (χ0v) is 10.6. The Hall–Kier alpha value is -2.09. The third kappa shape index (κ3) is 2.60. The van der Waals surface area contributed by atoms with Crippen LogP contribution in [0.15, 0.2) is 12.1 Å². The fourth-order valence-electron chi connectivity index (χ4n) is 2.05. The van der Waals surface area contributed by atoms with Crippen molar-refractivity contribution in [2.75, 3.05) is 19.8 Å². The number of nitrogens with zero attached hydrogens (tertiary/aromatic N) is 2. The molecule has 1 heterocycles. The number of carbonyl (C=O) groups is 1. The van der Waals surface area contributed by atoms with Crippen LogP contribution in [-0.4, -0.2) is 41.5 Å². The number of nitro groups is 1. The summed E-state index contributed by atoms with van der Waals surface area (Å²) in [5.74, 6) is -3.12. The molecule has 1 aliphatic heterocycles. The number of hydrogen-bond donors (Lipinski definition) is 0. The third-order valence-corrected chi connectivity index (χ3v) is 3.07. The molecule has 20 heavy (non-hydrogen) atoms. The van der Waals surface area contributed by atoms with E-state index in [0.29, 0.717) is 12.1 Å². The number of halogens is 2. The third-order valence-electron chi connectivity index (χ3n) is 3.07. The van der Waals surface area contributed by atoms with Crippen molar-refractivity contribution >= 4 is 11.6 Å². The molecule has 1 unspecified atom stereocenters. The number of carbonyl (C=O) groups excluding carboxylic acids is 1. The molecule has 1 aromatic carbocycles. The molecule has 0 aromatic heterocycles. The van der Waals surface area contributed by atoms with Gasteiger partial charge in [0.1, 0.15) is 5.82 Å². The van der Waals surface area contributed by atoms with Gasteiger partial charge >= 0.3 is 5.69 Å². The van der Waals surface area contributed by atoms with Crippen LogP contribution in [0.25, 0.3) is 0 Å². The minimum Gasteiger partial charge on any atom is -0.377 e. The lowest BCUT2D eigenvalue weighted by Crippen LogP contribution is -2.47. The predicted molar refractivity (Wildman–Crippen MR) is 64.3 cm³/mol. The van der Waals surface area contributed by atoms with E-state index in [9.17, 15) is 23.7 Å². The second kappa shape index (κ2) is 5.49. The van der Waals surface area contributed by atoms with Gasteiger partial charge in [-0.2, -0.15) is 4.39 Å². The maximum atomic E-state index is 13.9. The monoisotopic (exact) mass is 286 g/mol. The summed E-state index contributed by atoms with van der Waals surface area (Å²) in [5, 5.41) is 10.6. The molecule has 0 bridgehead atoms. The first-order chi connectivity index (χ1) is 9.41. The molecule has 1 fully saturated rings. The Kier molecular flexibility index (Phi) is 3.93. The summed E-state index contributed by atoms with van der Waals surface area (Å²) >= 11 is 0. The lowest BCUT2D eigenvalue weighted by Gasteiger charge is -2.33. The molecular weight excluding hydrogens is 274 g/mol. The number of hydrogen-bond acceptors (Lipinski definition) is 4. The average molecular weight is 286 g/mol. The van der Waals surface area contributed by atoms with Crippen molar-refractivity contribution in [2.45, 2.75) is 13.0 Å². The summed E-state index contributed by atoms with van der Waals surface area (Å²) < 4.78 is 32.4. The van der Waals surface area contributed by atoms with Crippen LogP contribution in [0.1, 0.15) is 17.3 Å². The zero-order chi connectivity index (χ0) is 14.9. The van der Waals surface area contributed by atoms with Crippen molar-refractivity contribution in [1.82, 2.24) is 4.90 Å². The topological polar surface area (TPSA) is 72.7 Å². The highest BCUT2D eigenvalue weighted by Gasteiger charge is 2.30. The Morgan fingerprint density at radius 1 is 1.50 bits per heavy atom. The molecular formula is C12H12F2N2O4. The van der Waals surface area contributed by atoms with Crippen LogP contribution in [0, 0.1) is 21.7 Å². The molecule has 0 radical (unpaired) electrons. The first kappa shape index (κ1) is 14.3. The van der Waals surface area contributed by atoms with Crippen LogP contribution in [0.5, 0.6) is 0 Å². The number of rotatable bonds is 2.